The summed E-state index contributed by atoms with van der Waals surface area (Å²) < 4.78 is 5.81. The van der Waals surface area contributed by atoms with Gasteiger partial charge in [0.05, 0.1) is 0 Å². The summed E-state index contributed by atoms with van der Waals surface area (Å²) in [7, 11) is 0. The van der Waals surface area contributed by atoms with Gasteiger partial charge in [0.2, 0.25) is 0 Å². The number of ether oxygens (including phenoxy) is 1. The van der Waals surface area contributed by atoms with Crippen LogP contribution in [0.5, 0.6) is 5.75 Å². The summed E-state index contributed by atoms with van der Waals surface area (Å²) in [5, 5.41) is 8.60. The maximum absolute atomic E-state index is 10.5. The van der Waals surface area contributed by atoms with Gasteiger partial charge in [-0.25, -0.2) is 4.79 Å². The number of aliphatic carboxylic acids is 1. The van der Waals surface area contributed by atoms with E-state index < -0.39 is 5.97 Å². The first-order valence-corrected chi connectivity index (χ1v) is 5.20. The highest BCUT2D eigenvalue weighted by molar-refractivity contribution is 5.86. The Balaban J connectivity index is 2.37. The van der Waals surface area contributed by atoms with Crippen LogP contribution in [0.1, 0.15) is 25.0 Å². The van der Waals surface area contributed by atoms with E-state index in [0.29, 0.717) is 0 Å². The fourth-order valence-electron chi connectivity index (χ4n) is 1.93. The Bertz CT molecular complexity index is 458. The van der Waals surface area contributed by atoms with E-state index >= 15 is 0 Å². The summed E-state index contributed by atoms with van der Waals surface area (Å²) in [6.07, 6.45) is 3.56. The number of fused-ring (bicyclic) bond motifs is 1. The normalized spacial score (nSPS) is 17.1. The third-order valence-electron chi connectivity index (χ3n) is 2.53. The highest BCUT2D eigenvalue weighted by Crippen LogP contribution is 2.37. The van der Waals surface area contributed by atoms with Crippen LogP contribution >= 0.6 is 0 Å². The molecule has 0 spiro atoms. The van der Waals surface area contributed by atoms with E-state index in [1.54, 1.807) is 6.08 Å². The molecule has 1 N–H and O–H groups in total. The maximum atomic E-state index is 10.5. The fraction of sp³-hybridized carbons (Fsp3) is 0.308. The predicted molar refractivity (Wildman–Crippen MR) is 61.5 cm³/mol. The van der Waals surface area contributed by atoms with Gasteiger partial charge in [0.25, 0.3) is 0 Å². The molecule has 1 aromatic carbocycles. The van der Waals surface area contributed by atoms with Crippen molar-refractivity contribution in [1.82, 2.24) is 0 Å². The lowest BCUT2D eigenvalue weighted by atomic mass is 10.0. The van der Waals surface area contributed by atoms with Crippen LogP contribution in [0.15, 0.2) is 24.3 Å². The highest BCUT2D eigenvalue weighted by atomic mass is 16.5. The lowest BCUT2D eigenvalue weighted by molar-refractivity contribution is -0.131. The van der Waals surface area contributed by atoms with Crippen molar-refractivity contribution >= 4 is 12.0 Å². The predicted octanol–water partition coefficient (Wildman–Crippen LogP) is 2.50. The van der Waals surface area contributed by atoms with Crippen molar-refractivity contribution in [2.75, 3.05) is 0 Å². The topological polar surface area (TPSA) is 46.5 Å². The first kappa shape index (κ1) is 10.7. The largest absolute Gasteiger partial charge is 0.487 e. The lowest BCUT2D eigenvalue weighted by Gasteiger charge is -2.17. The van der Waals surface area contributed by atoms with E-state index in [2.05, 4.69) is 0 Å². The molecule has 16 heavy (non-hydrogen) atoms. The quantitative estimate of drug-likeness (QED) is 0.776. The Hall–Kier alpha value is -1.77. The summed E-state index contributed by atoms with van der Waals surface area (Å²) in [6, 6.07) is 5.80. The summed E-state index contributed by atoms with van der Waals surface area (Å²) in [5.41, 5.74) is 1.76. The molecule has 0 fully saturated rings. The summed E-state index contributed by atoms with van der Waals surface area (Å²) >= 11 is 0. The average Bonchev–Trinajstić information content (AvgIpc) is 2.48. The molecular weight excluding hydrogens is 204 g/mol. The van der Waals surface area contributed by atoms with Crippen LogP contribution in [0.3, 0.4) is 0 Å². The maximum Gasteiger partial charge on any atom is 0.328 e. The summed E-state index contributed by atoms with van der Waals surface area (Å²) in [6.45, 7) is 4.05. The first-order chi connectivity index (χ1) is 7.48. The molecule has 0 amide bonds. The number of hydrogen-bond donors (Lipinski definition) is 1. The minimum atomic E-state index is -0.949. The molecule has 0 saturated heterocycles. The van der Waals surface area contributed by atoms with Crippen LogP contribution in [0, 0.1) is 0 Å². The zero-order valence-corrected chi connectivity index (χ0v) is 9.36. The molecule has 0 bridgehead atoms. The smallest absolute Gasteiger partial charge is 0.328 e. The molecule has 84 valence electrons. The number of rotatable bonds is 2. The van der Waals surface area contributed by atoms with Crippen molar-refractivity contribution in [3.63, 3.8) is 0 Å². The SMILES string of the molecule is CC1(C)Cc2cccc(C=CC(=O)O)c2O1. The van der Waals surface area contributed by atoms with Gasteiger partial charge < -0.3 is 9.84 Å². The van der Waals surface area contributed by atoms with Crippen molar-refractivity contribution in [1.29, 1.82) is 0 Å². The van der Waals surface area contributed by atoms with E-state index in [-0.39, 0.29) is 5.60 Å². The van der Waals surface area contributed by atoms with Gasteiger partial charge >= 0.3 is 5.97 Å². The fourth-order valence-corrected chi connectivity index (χ4v) is 1.93. The molecular formula is C13H14O3. The summed E-state index contributed by atoms with van der Waals surface area (Å²) in [4.78, 5) is 10.5. The van der Waals surface area contributed by atoms with Gasteiger partial charge in [-0.05, 0) is 25.5 Å². The Morgan fingerprint density at radius 1 is 1.50 bits per heavy atom. The van der Waals surface area contributed by atoms with Crippen molar-refractivity contribution in [2.24, 2.45) is 0 Å². The second-order valence-electron chi connectivity index (χ2n) is 4.55. The van der Waals surface area contributed by atoms with Gasteiger partial charge in [-0.1, -0.05) is 18.2 Å². The van der Waals surface area contributed by atoms with Gasteiger partial charge in [-0.2, -0.15) is 0 Å². The molecule has 3 nitrogen and oxygen atoms in total. The van der Waals surface area contributed by atoms with Crippen LogP contribution in [-0.4, -0.2) is 16.7 Å². The van der Waals surface area contributed by atoms with E-state index in [1.165, 1.54) is 0 Å². The number of carboxylic acids is 1. The van der Waals surface area contributed by atoms with E-state index in [4.69, 9.17) is 9.84 Å². The second kappa shape index (κ2) is 3.67. The van der Waals surface area contributed by atoms with Crippen LogP contribution < -0.4 is 4.74 Å². The minimum Gasteiger partial charge on any atom is -0.487 e. The summed E-state index contributed by atoms with van der Waals surface area (Å²) in [5.74, 6) is -0.139. The number of carbonyl (C=O) groups is 1. The zero-order chi connectivity index (χ0) is 11.8. The van der Waals surface area contributed by atoms with Crippen LogP contribution in [-0.2, 0) is 11.2 Å². The van der Waals surface area contributed by atoms with E-state index in [1.807, 2.05) is 32.0 Å². The Labute approximate surface area is 94.4 Å². The third kappa shape index (κ3) is 2.08. The van der Waals surface area contributed by atoms with Gasteiger partial charge in [-0.15, -0.1) is 0 Å². The van der Waals surface area contributed by atoms with Gasteiger partial charge in [0.1, 0.15) is 11.4 Å². The molecule has 2 rings (SSSR count). The average molecular weight is 218 g/mol. The van der Waals surface area contributed by atoms with E-state index in [0.717, 1.165) is 29.4 Å². The third-order valence-corrected chi connectivity index (χ3v) is 2.53. The monoisotopic (exact) mass is 218 g/mol. The molecule has 0 radical (unpaired) electrons. The van der Waals surface area contributed by atoms with Gasteiger partial charge in [0, 0.05) is 18.1 Å². The van der Waals surface area contributed by atoms with Gasteiger partial charge in [0.15, 0.2) is 0 Å². The minimum absolute atomic E-state index is 0.199. The van der Waals surface area contributed by atoms with Gasteiger partial charge in [-0.3, -0.25) is 0 Å². The van der Waals surface area contributed by atoms with Crippen LogP contribution in [0.2, 0.25) is 0 Å². The van der Waals surface area contributed by atoms with Crippen LogP contribution in [0.4, 0.5) is 0 Å². The standard InChI is InChI=1S/C13H14O3/c1-13(2)8-10-5-3-4-9(12(10)16-13)6-7-11(14)15/h3-7H,8H2,1-2H3,(H,14,15). The molecule has 1 aromatic rings. The Kier molecular flexibility index (Phi) is 2.46. The Morgan fingerprint density at radius 2 is 2.25 bits per heavy atom. The molecule has 0 atom stereocenters. The molecule has 0 saturated carbocycles. The number of hydrogen-bond acceptors (Lipinski definition) is 2. The van der Waals surface area contributed by atoms with Crippen molar-refractivity contribution in [3.05, 3.63) is 35.4 Å². The first-order valence-electron chi connectivity index (χ1n) is 5.20. The van der Waals surface area contributed by atoms with Crippen molar-refractivity contribution in [3.8, 4) is 5.75 Å². The molecule has 1 heterocycles. The molecule has 0 unspecified atom stereocenters. The van der Waals surface area contributed by atoms with E-state index in [9.17, 15) is 4.79 Å². The number of para-hydroxylation sites is 1. The Morgan fingerprint density at radius 3 is 2.94 bits per heavy atom. The number of benzene rings is 1. The van der Waals surface area contributed by atoms with Crippen LogP contribution in [0.25, 0.3) is 6.08 Å². The molecule has 3 heteroatoms. The van der Waals surface area contributed by atoms with Crippen molar-refractivity contribution in [2.45, 2.75) is 25.9 Å². The molecule has 1 aliphatic heterocycles. The second-order valence-corrected chi connectivity index (χ2v) is 4.55. The lowest BCUT2D eigenvalue weighted by Crippen LogP contribution is -2.24. The molecule has 0 aromatic heterocycles. The number of carboxylic acid groups (broad SMARTS) is 1. The zero-order valence-electron chi connectivity index (χ0n) is 9.36. The van der Waals surface area contributed by atoms with Crippen molar-refractivity contribution < 1.29 is 14.6 Å². The molecule has 0 aliphatic carbocycles. The highest BCUT2D eigenvalue weighted by Gasteiger charge is 2.30. The molecule has 1 aliphatic rings.